The molecule has 24 heavy (non-hydrogen) atoms. The van der Waals surface area contributed by atoms with Gasteiger partial charge in [0.1, 0.15) is 0 Å². The number of nitrogens with zero attached hydrogens (tertiary/aromatic N) is 4. The second-order valence-corrected chi connectivity index (χ2v) is 7.50. The van der Waals surface area contributed by atoms with Gasteiger partial charge in [-0.3, -0.25) is 10.1 Å². The number of carbonyl (C=O) groups is 2. The molecule has 0 spiro atoms. The molecule has 9 heteroatoms. The van der Waals surface area contributed by atoms with Gasteiger partial charge in [-0.15, -0.1) is 5.10 Å². The fourth-order valence-corrected chi connectivity index (χ4v) is 2.58. The predicted molar refractivity (Wildman–Crippen MR) is 92.1 cm³/mol. The highest BCUT2D eigenvalue weighted by atomic mass is 32.2. The minimum absolute atomic E-state index is 0.0471. The van der Waals surface area contributed by atoms with Gasteiger partial charge in [0, 0.05) is 16.9 Å². The molecule has 0 bridgehead atoms. The number of rotatable bonds is 3. The molecule has 3 amide bonds. The molecule has 2 aromatic heterocycles. The van der Waals surface area contributed by atoms with E-state index in [0.29, 0.717) is 10.9 Å². The maximum Gasteiger partial charge on any atom is 0.321 e. The monoisotopic (exact) mass is 350 g/mol. The van der Waals surface area contributed by atoms with E-state index in [9.17, 15) is 9.59 Å². The van der Waals surface area contributed by atoms with Crippen molar-refractivity contribution < 1.29 is 9.59 Å². The van der Waals surface area contributed by atoms with Crippen LogP contribution >= 0.6 is 11.8 Å². The first-order valence-corrected chi connectivity index (χ1v) is 8.51. The first kappa shape index (κ1) is 18.2. The second kappa shape index (κ2) is 6.76. The van der Waals surface area contributed by atoms with Gasteiger partial charge in [-0.25, -0.2) is 14.3 Å². The molecule has 2 N–H and O–H groups in total. The van der Waals surface area contributed by atoms with Gasteiger partial charge >= 0.3 is 6.03 Å². The Kier molecular flexibility index (Phi) is 5.12. The fraction of sp³-hybridized carbons (Fsp3) is 0.533. The van der Waals surface area contributed by atoms with Crippen LogP contribution in [0.4, 0.5) is 4.79 Å². The van der Waals surface area contributed by atoms with E-state index >= 15 is 0 Å². The molecule has 2 aromatic rings. The minimum Gasteiger partial charge on any atom is -0.333 e. The highest BCUT2D eigenvalue weighted by Crippen LogP contribution is 2.17. The molecule has 0 aliphatic rings. The summed E-state index contributed by atoms with van der Waals surface area (Å²) in [5, 5.41) is 9.74. The summed E-state index contributed by atoms with van der Waals surface area (Å²) in [6.07, 6.45) is 0. The van der Waals surface area contributed by atoms with Crippen LogP contribution in [-0.4, -0.2) is 42.8 Å². The summed E-state index contributed by atoms with van der Waals surface area (Å²) in [6, 6.07) is -0.514. The first-order chi connectivity index (χ1) is 11.1. The maximum atomic E-state index is 11.8. The van der Waals surface area contributed by atoms with E-state index in [-0.39, 0.29) is 5.75 Å². The summed E-state index contributed by atoms with van der Waals surface area (Å²) in [6.45, 7) is 11.4. The highest BCUT2D eigenvalue weighted by Gasteiger charge is 2.17. The van der Waals surface area contributed by atoms with Gasteiger partial charge < -0.3 is 5.32 Å². The zero-order valence-electron chi connectivity index (χ0n) is 14.7. The molecule has 0 unspecified atom stereocenters. The van der Waals surface area contributed by atoms with E-state index in [1.807, 2.05) is 41.5 Å². The van der Waals surface area contributed by atoms with E-state index < -0.39 is 17.5 Å². The van der Waals surface area contributed by atoms with Crippen molar-refractivity contribution in [2.75, 3.05) is 5.75 Å². The Morgan fingerprint density at radius 1 is 1.17 bits per heavy atom. The van der Waals surface area contributed by atoms with Crippen LogP contribution in [0.1, 0.15) is 37.7 Å². The predicted octanol–water partition coefficient (Wildman–Crippen LogP) is 1.77. The van der Waals surface area contributed by atoms with Crippen molar-refractivity contribution in [3.63, 3.8) is 0 Å². The van der Waals surface area contributed by atoms with Crippen LogP contribution in [0.25, 0.3) is 5.78 Å². The SMILES string of the molecule is Cc1nc2nc(SCC(=O)NC(=O)NC(C)(C)C)nn2c(C)c1C. The van der Waals surface area contributed by atoms with Crippen LogP contribution in [0.15, 0.2) is 5.16 Å². The molecule has 2 rings (SSSR count). The Hall–Kier alpha value is -2.16. The lowest BCUT2D eigenvalue weighted by Crippen LogP contribution is -2.48. The number of aryl methyl sites for hydroxylation is 2. The van der Waals surface area contributed by atoms with E-state index in [2.05, 4.69) is 25.7 Å². The zero-order valence-corrected chi connectivity index (χ0v) is 15.5. The molecule has 0 saturated carbocycles. The number of nitrogens with one attached hydrogen (secondary N) is 2. The summed E-state index contributed by atoms with van der Waals surface area (Å²) in [4.78, 5) is 32.2. The van der Waals surface area contributed by atoms with Crippen LogP contribution < -0.4 is 10.6 Å². The highest BCUT2D eigenvalue weighted by molar-refractivity contribution is 7.99. The van der Waals surface area contributed by atoms with Gasteiger partial charge in [0.25, 0.3) is 5.78 Å². The van der Waals surface area contributed by atoms with E-state index in [4.69, 9.17) is 0 Å². The van der Waals surface area contributed by atoms with Gasteiger partial charge in [-0.1, -0.05) is 11.8 Å². The molecule has 0 atom stereocenters. The van der Waals surface area contributed by atoms with Gasteiger partial charge in [-0.2, -0.15) is 4.98 Å². The van der Waals surface area contributed by atoms with E-state index in [0.717, 1.165) is 28.7 Å². The average molecular weight is 350 g/mol. The zero-order chi connectivity index (χ0) is 18.1. The number of fused-ring (bicyclic) bond motifs is 1. The molecule has 0 aromatic carbocycles. The number of hydrogen-bond donors (Lipinski definition) is 2. The quantitative estimate of drug-likeness (QED) is 0.818. The summed E-state index contributed by atoms with van der Waals surface area (Å²) in [5.41, 5.74) is 2.52. The molecule has 0 aliphatic heterocycles. The number of amides is 3. The minimum atomic E-state index is -0.514. The number of carbonyl (C=O) groups excluding carboxylic acids is 2. The molecular formula is C15H22N6O2S. The summed E-state index contributed by atoms with van der Waals surface area (Å²) >= 11 is 1.16. The topological polar surface area (TPSA) is 101 Å². The van der Waals surface area contributed by atoms with Crippen LogP contribution in [0.3, 0.4) is 0 Å². The molecule has 0 saturated heterocycles. The van der Waals surface area contributed by atoms with Crippen molar-refractivity contribution in [3.8, 4) is 0 Å². The second-order valence-electron chi connectivity index (χ2n) is 6.55. The standard InChI is InChI=1S/C15H22N6O2S/c1-8-9(2)16-12-18-14(20-21(12)10(8)3)24-7-11(22)17-13(23)19-15(4,5)6/h7H2,1-6H3,(H2,17,19,22,23). The van der Waals surface area contributed by atoms with Crippen LogP contribution in [0.2, 0.25) is 0 Å². The summed E-state index contributed by atoms with van der Waals surface area (Å²) in [7, 11) is 0. The number of urea groups is 1. The third-order valence-corrected chi connectivity index (χ3v) is 4.15. The van der Waals surface area contributed by atoms with Crippen molar-refractivity contribution in [2.45, 2.75) is 52.2 Å². The van der Waals surface area contributed by atoms with Gasteiger partial charge in [0.15, 0.2) is 0 Å². The molecule has 8 nitrogen and oxygen atoms in total. The van der Waals surface area contributed by atoms with E-state index in [1.165, 1.54) is 0 Å². The Morgan fingerprint density at radius 2 is 1.83 bits per heavy atom. The van der Waals surface area contributed by atoms with Crippen LogP contribution in [0, 0.1) is 20.8 Å². The maximum absolute atomic E-state index is 11.8. The van der Waals surface area contributed by atoms with E-state index in [1.54, 1.807) is 4.52 Å². The average Bonchev–Trinajstić information content (AvgIpc) is 2.83. The molecule has 0 radical (unpaired) electrons. The Labute approximate surface area is 144 Å². The summed E-state index contributed by atoms with van der Waals surface area (Å²) < 4.78 is 1.66. The molecule has 0 fully saturated rings. The van der Waals surface area contributed by atoms with Crippen molar-refractivity contribution in [2.24, 2.45) is 0 Å². The van der Waals surface area contributed by atoms with Crippen molar-refractivity contribution in [3.05, 3.63) is 17.0 Å². The van der Waals surface area contributed by atoms with Gasteiger partial charge in [-0.05, 0) is 47.1 Å². The number of imide groups is 1. The van der Waals surface area contributed by atoms with Crippen LogP contribution in [0.5, 0.6) is 0 Å². The molecule has 0 aliphatic carbocycles. The largest absolute Gasteiger partial charge is 0.333 e. The smallest absolute Gasteiger partial charge is 0.321 e. The number of aromatic nitrogens is 4. The number of hydrogen-bond acceptors (Lipinski definition) is 6. The van der Waals surface area contributed by atoms with Crippen molar-refractivity contribution in [1.29, 1.82) is 0 Å². The lowest BCUT2D eigenvalue weighted by Gasteiger charge is -2.20. The Bertz CT molecular complexity index is 793. The van der Waals surface area contributed by atoms with Crippen LogP contribution in [-0.2, 0) is 4.79 Å². The third-order valence-electron chi connectivity index (χ3n) is 3.32. The van der Waals surface area contributed by atoms with Crippen molar-refractivity contribution in [1.82, 2.24) is 30.2 Å². The third kappa shape index (κ3) is 4.44. The lowest BCUT2D eigenvalue weighted by atomic mass is 10.1. The molecular weight excluding hydrogens is 328 g/mol. The number of thioether (sulfide) groups is 1. The molecule has 130 valence electrons. The normalized spacial score (nSPS) is 11.6. The fourth-order valence-electron chi connectivity index (χ4n) is 1.96. The first-order valence-electron chi connectivity index (χ1n) is 7.52. The van der Waals surface area contributed by atoms with Crippen molar-refractivity contribution >= 4 is 29.5 Å². The van der Waals surface area contributed by atoms with Gasteiger partial charge in [0.2, 0.25) is 11.1 Å². The lowest BCUT2D eigenvalue weighted by molar-refractivity contribution is -0.117. The Balaban J connectivity index is 2.00. The van der Waals surface area contributed by atoms with Gasteiger partial charge in [0.05, 0.1) is 5.75 Å². The Morgan fingerprint density at radius 3 is 2.46 bits per heavy atom. The molecule has 2 heterocycles. The summed E-state index contributed by atoms with van der Waals surface area (Å²) in [5.74, 6) is 0.146.